The lowest BCUT2D eigenvalue weighted by Crippen LogP contribution is -2.10. The molecule has 1 N–H and O–H groups in total. The first-order valence-electron chi connectivity index (χ1n) is 6.42. The molecule has 21 heavy (non-hydrogen) atoms. The van der Waals surface area contributed by atoms with Gasteiger partial charge in [-0.3, -0.25) is 0 Å². The van der Waals surface area contributed by atoms with Crippen molar-refractivity contribution in [3.05, 3.63) is 53.8 Å². The van der Waals surface area contributed by atoms with Gasteiger partial charge < -0.3 is 19.3 Å². The van der Waals surface area contributed by atoms with Crippen LogP contribution in [-0.2, 0) is 0 Å². The highest BCUT2D eigenvalue weighted by Crippen LogP contribution is 2.23. The molecule has 2 rings (SSSR count). The van der Waals surface area contributed by atoms with Gasteiger partial charge >= 0.3 is 0 Å². The fourth-order valence-electron chi connectivity index (χ4n) is 1.83. The molecule has 112 valence electrons. The molecule has 2 aromatic rings. The standard InChI is InChI=1S/C16H17FO4/c1-19-12-4-6-13(7-5-12)21-10-15(18)11-3-8-16(20-2)14(17)9-11/h3-9,15,18H,10H2,1-2H3. The van der Waals surface area contributed by atoms with E-state index in [1.165, 1.54) is 19.2 Å². The van der Waals surface area contributed by atoms with Crippen LogP contribution in [0.1, 0.15) is 11.7 Å². The van der Waals surface area contributed by atoms with Gasteiger partial charge in [-0.1, -0.05) is 6.07 Å². The zero-order chi connectivity index (χ0) is 15.2. The van der Waals surface area contributed by atoms with E-state index in [-0.39, 0.29) is 12.4 Å². The van der Waals surface area contributed by atoms with Crippen LogP contribution in [0.2, 0.25) is 0 Å². The number of aliphatic hydroxyl groups excluding tert-OH is 1. The average molecular weight is 292 g/mol. The fraction of sp³-hybridized carbons (Fsp3) is 0.250. The predicted octanol–water partition coefficient (Wildman–Crippen LogP) is 2.96. The minimum atomic E-state index is -0.924. The topological polar surface area (TPSA) is 47.9 Å². The molecule has 4 nitrogen and oxygen atoms in total. The van der Waals surface area contributed by atoms with E-state index in [1.54, 1.807) is 37.4 Å². The van der Waals surface area contributed by atoms with E-state index >= 15 is 0 Å². The summed E-state index contributed by atoms with van der Waals surface area (Å²) in [7, 11) is 2.97. The summed E-state index contributed by atoms with van der Waals surface area (Å²) >= 11 is 0. The summed E-state index contributed by atoms with van der Waals surface area (Å²) in [6, 6.07) is 11.3. The van der Waals surface area contributed by atoms with E-state index in [1.807, 2.05) is 0 Å². The van der Waals surface area contributed by atoms with Gasteiger partial charge in [-0.15, -0.1) is 0 Å². The number of aliphatic hydroxyl groups is 1. The Bertz CT molecular complexity index is 583. The molecule has 0 saturated carbocycles. The van der Waals surface area contributed by atoms with Crippen molar-refractivity contribution in [1.82, 2.24) is 0 Å². The van der Waals surface area contributed by atoms with Crippen LogP contribution in [0.5, 0.6) is 17.2 Å². The van der Waals surface area contributed by atoms with Gasteiger partial charge in [-0.05, 0) is 42.0 Å². The largest absolute Gasteiger partial charge is 0.497 e. The van der Waals surface area contributed by atoms with E-state index in [4.69, 9.17) is 14.2 Å². The van der Waals surface area contributed by atoms with Crippen LogP contribution >= 0.6 is 0 Å². The summed E-state index contributed by atoms with van der Waals surface area (Å²) in [5, 5.41) is 10.0. The van der Waals surface area contributed by atoms with Crippen molar-refractivity contribution in [2.45, 2.75) is 6.10 Å². The molecule has 0 radical (unpaired) electrons. The molecule has 0 aliphatic heterocycles. The number of hydrogen-bond donors (Lipinski definition) is 1. The maximum Gasteiger partial charge on any atom is 0.165 e. The molecule has 1 unspecified atom stereocenters. The third-order valence-corrected chi connectivity index (χ3v) is 3.03. The molecule has 0 aliphatic carbocycles. The van der Waals surface area contributed by atoms with Crippen molar-refractivity contribution >= 4 is 0 Å². The summed E-state index contributed by atoms with van der Waals surface area (Å²) in [6.07, 6.45) is -0.924. The Labute approximate surface area is 122 Å². The van der Waals surface area contributed by atoms with Crippen molar-refractivity contribution in [1.29, 1.82) is 0 Å². The Hall–Kier alpha value is -2.27. The third-order valence-electron chi connectivity index (χ3n) is 3.03. The van der Waals surface area contributed by atoms with Gasteiger partial charge in [0, 0.05) is 0 Å². The molecule has 2 aromatic carbocycles. The van der Waals surface area contributed by atoms with E-state index in [9.17, 15) is 9.50 Å². The second-order valence-corrected chi connectivity index (χ2v) is 4.40. The Balaban J connectivity index is 1.97. The van der Waals surface area contributed by atoms with Crippen molar-refractivity contribution in [2.75, 3.05) is 20.8 Å². The zero-order valence-corrected chi connectivity index (χ0v) is 11.9. The first kappa shape index (κ1) is 15.1. The van der Waals surface area contributed by atoms with Crippen LogP contribution < -0.4 is 14.2 Å². The molecular weight excluding hydrogens is 275 g/mol. The van der Waals surface area contributed by atoms with Crippen LogP contribution in [0.25, 0.3) is 0 Å². The van der Waals surface area contributed by atoms with Crippen LogP contribution in [0.4, 0.5) is 4.39 Å². The summed E-state index contributed by atoms with van der Waals surface area (Å²) in [5.74, 6) is 0.949. The second-order valence-electron chi connectivity index (χ2n) is 4.40. The predicted molar refractivity (Wildman–Crippen MR) is 76.4 cm³/mol. The van der Waals surface area contributed by atoms with Gasteiger partial charge in [-0.2, -0.15) is 0 Å². The average Bonchev–Trinajstić information content (AvgIpc) is 2.53. The maximum atomic E-state index is 13.6. The number of hydrogen-bond acceptors (Lipinski definition) is 4. The van der Waals surface area contributed by atoms with Gasteiger partial charge in [-0.25, -0.2) is 4.39 Å². The van der Waals surface area contributed by atoms with Gasteiger partial charge in [0.15, 0.2) is 11.6 Å². The number of ether oxygens (including phenoxy) is 3. The van der Waals surface area contributed by atoms with Crippen molar-refractivity contribution in [3.8, 4) is 17.2 Å². The molecule has 0 fully saturated rings. The molecule has 0 aliphatic rings. The highest BCUT2D eigenvalue weighted by atomic mass is 19.1. The van der Waals surface area contributed by atoms with Crippen molar-refractivity contribution in [2.24, 2.45) is 0 Å². The lowest BCUT2D eigenvalue weighted by atomic mass is 10.1. The molecule has 0 spiro atoms. The number of methoxy groups -OCH3 is 2. The van der Waals surface area contributed by atoms with Crippen molar-refractivity contribution < 1.29 is 23.7 Å². The van der Waals surface area contributed by atoms with E-state index in [0.717, 1.165) is 5.75 Å². The minimum absolute atomic E-state index is 0.0259. The number of halogens is 1. The van der Waals surface area contributed by atoms with Crippen LogP contribution in [0, 0.1) is 5.82 Å². The molecule has 0 saturated heterocycles. The lowest BCUT2D eigenvalue weighted by molar-refractivity contribution is 0.108. The third kappa shape index (κ3) is 3.86. The zero-order valence-electron chi connectivity index (χ0n) is 11.9. The smallest absolute Gasteiger partial charge is 0.165 e. The SMILES string of the molecule is COc1ccc(OCC(O)c2ccc(OC)c(F)c2)cc1. The van der Waals surface area contributed by atoms with Crippen LogP contribution in [-0.4, -0.2) is 25.9 Å². The summed E-state index contributed by atoms with van der Waals surface area (Å²) in [4.78, 5) is 0. The molecule has 1 atom stereocenters. The van der Waals surface area contributed by atoms with Gasteiger partial charge in [0.1, 0.15) is 24.2 Å². The van der Waals surface area contributed by atoms with Crippen LogP contribution in [0.15, 0.2) is 42.5 Å². The highest BCUT2D eigenvalue weighted by Gasteiger charge is 2.12. The maximum absolute atomic E-state index is 13.6. The molecule has 5 heteroatoms. The Kier molecular flexibility index (Phi) is 5.00. The molecule has 0 aromatic heterocycles. The monoisotopic (exact) mass is 292 g/mol. The molecular formula is C16H17FO4. The Morgan fingerprint density at radius 3 is 2.24 bits per heavy atom. The second kappa shape index (κ2) is 6.95. The van der Waals surface area contributed by atoms with Gasteiger partial charge in [0.05, 0.1) is 14.2 Å². The van der Waals surface area contributed by atoms with Crippen molar-refractivity contribution in [3.63, 3.8) is 0 Å². The molecule has 0 heterocycles. The number of benzene rings is 2. The summed E-state index contributed by atoms with van der Waals surface area (Å²) in [6.45, 7) is 0.0259. The molecule has 0 bridgehead atoms. The van der Waals surface area contributed by atoms with E-state index in [2.05, 4.69) is 0 Å². The van der Waals surface area contributed by atoms with E-state index in [0.29, 0.717) is 11.3 Å². The van der Waals surface area contributed by atoms with E-state index < -0.39 is 11.9 Å². The van der Waals surface area contributed by atoms with Gasteiger partial charge in [0.25, 0.3) is 0 Å². The first-order valence-corrected chi connectivity index (χ1v) is 6.42. The quantitative estimate of drug-likeness (QED) is 0.889. The van der Waals surface area contributed by atoms with Gasteiger partial charge in [0.2, 0.25) is 0 Å². The minimum Gasteiger partial charge on any atom is -0.497 e. The summed E-state index contributed by atoms with van der Waals surface area (Å²) in [5.41, 5.74) is 0.432. The number of rotatable bonds is 6. The fourth-order valence-corrected chi connectivity index (χ4v) is 1.83. The first-order chi connectivity index (χ1) is 10.1. The Morgan fingerprint density at radius 2 is 1.67 bits per heavy atom. The highest BCUT2D eigenvalue weighted by molar-refractivity contribution is 5.32. The lowest BCUT2D eigenvalue weighted by Gasteiger charge is -2.14. The summed E-state index contributed by atoms with van der Waals surface area (Å²) < 4.78 is 28.9. The Morgan fingerprint density at radius 1 is 1.00 bits per heavy atom. The van der Waals surface area contributed by atoms with Crippen LogP contribution in [0.3, 0.4) is 0 Å². The normalized spacial score (nSPS) is 11.8. The molecule has 0 amide bonds.